The standard InChI is InChI=1S/C22H23ClN6/c1-14-2-3-16-15(12-14)13-22(21(16)24)8-10-29(11-9-22)20-7-5-18(26-28-20)17-4-6-19(23)27-25-17/h2-7,12,21H,8-11,13,24H2,1H3/t21-/m1/s1. The molecule has 3 aromatic rings. The van der Waals surface area contributed by atoms with Crippen molar-refractivity contribution < 1.29 is 0 Å². The summed E-state index contributed by atoms with van der Waals surface area (Å²) in [5, 5.41) is 17.1. The normalized spacial score (nSPS) is 20.1. The lowest BCUT2D eigenvalue weighted by atomic mass is 9.73. The lowest BCUT2D eigenvalue weighted by molar-refractivity contribution is 0.187. The first-order valence-corrected chi connectivity index (χ1v) is 10.4. The largest absolute Gasteiger partial charge is 0.355 e. The summed E-state index contributed by atoms with van der Waals surface area (Å²) >= 11 is 5.80. The minimum Gasteiger partial charge on any atom is -0.355 e. The Balaban J connectivity index is 1.29. The molecule has 29 heavy (non-hydrogen) atoms. The van der Waals surface area contributed by atoms with Crippen LogP contribution in [-0.4, -0.2) is 33.5 Å². The van der Waals surface area contributed by atoms with E-state index >= 15 is 0 Å². The Kier molecular flexibility index (Phi) is 4.48. The summed E-state index contributed by atoms with van der Waals surface area (Å²) in [6, 6.07) is 14.3. The van der Waals surface area contributed by atoms with Gasteiger partial charge in [-0.25, -0.2) is 0 Å². The summed E-state index contributed by atoms with van der Waals surface area (Å²) in [6.07, 6.45) is 3.21. The van der Waals surface area contributed by atoms with Gasteiger partial charge in [-0.1, -0.05) is 35.4 Å². The highest BCUT2D eigenvalue weighted by Crippen LogP contribution is 2.51. The highest BCUT2D eigenvalue weighted by atomic mass is 35.5. The molecule has 6 nitrogen and oxygen atoms in total. The van der Waals surface area contributed by atoms with Gasteiger partial charge in [-0.2, -0.15) is 0 Å². The number of aromatic nitrogens is 4. The van der Waals surface area contributed by atoms with E-state index in [1.54, 1.807) is 12.1 Å². The van der Waals surface area contributed by atoms with Gasteiger partial charge in [-0.05, 0) is 67.0 Å². The van der Waals surface area contributed by atoms with Crippen molar-refractivity contribution in [3.8, 4) is 11.4 Å². The van der Waals surface area contributed by atoms with Gasteiger partial charge in [0, 0.05) is 19.1 Å². The molecule has 3 heterocycles. The summed E-state index contributed by atoms with van der Waals surface area (Å²) in [4.78, 5) is 2.30. The van der Waals surface area contributed by atoms with Gasteiger partial charge in [0.05, 0.1) is 0 Å². The lowest BCUT2D eigenvalue weighted by Crippen LogP contribution is -2.44. The number of hydrogen-bond acceptors (Lipinski definition) is 6. The number of nitrogens with zero attached hydrogens (tertiary/aromatic N) is 5. The van der Waals surface area contributed by atoms with Crippen LogP contribution in [0.5, 0.6) is 0 Å². The predicted octanol–water partition coefficient (Wildman–Crippen LogP) is 3.74. The molecule has 7 heteroatoms. The van der Waals surface area contributed by atoms with Crippen LogP contribution in [0.3, 0.4) is 0 Å². The Morgan fingerprint density at radius 2 is 1.69 bits per heavy atom. The smallest absolute Gasteiger partial charge is 0.151 e. The molecular weight excluding hydrogens is 384 g/mol. The molecular formula is C22H23ClN6. The minimum absolute atomic E-state index is 0.122. The topological polar surface area (TPSA) is 80.8 Å². The average molecular weight is 407 g/mol. The molecule has 1 aromatic carbocycles. The monoisotopic (exact) mass is 406 g/mol. The van der Waals surface area contributed by atoms with Gasteiger partial charge in [-0.15, -0.1) is 20.4 Å². The van der Waals surface area contributed by atoms with Gasteiger partial charge in [0.25, 0.3) is 0 Å². The maximum absolute atomic E-state index is 6.72. The average Bonchev–Trinajstić information content (AvgIpc) is 3.00. The van der Waals surface area contributed by atoms with E-state index in [9.17, 15) is 0 Å². The second kappa shape index (κ2) is 7.04. The summed E-state index contributed by atoms with van der Waals surface area (Å²) in [5.74, 6) is 0.894. The van der Waals surface area contributed by atoms with E-state index in [2.05, 4.69) is 50.4 Å². The summed E-state index contributed by atoms with van der Waals surface area (Å²) in [7, 11) is 0. The van der Waals surface area contributed by atoms with Crippen molar-refractivity contribution in [3.63, 3.8) is 0 Å². The highest BCUT2D eigenvalue weighted by molar-refractivity contribution is 6.29. The van der Waals surface area contributed by atoms with Crippen molar-refractivity contribution in [2.75, 3.05) is 18.0 Å². The fourth-order valence-corrected chi connectivity index (χ4v) is 4.86. The molecule has 1 spiro atoms. The van der Waals surface area contributed by atoms with Gasteiger partial charge >= 0.3 is 0 Å². The highest BCUT2D eigenvalue weighted by Gasteiger charge is 2.46. The van der Waals surface area contributed by atoms with Crippen LogP contribution >= 0.6 is 11.6 Å². The maximum atomic E-state index is 6.72. The van der Waals surface area contributed by atoms with Gasteiger partial charge in [-0.3, -0.25) is 0 Å². The molecule has 2 aromatic heterocycles. The number of rotatable bonds is 2. The number of hydrogen-bond donors (Lipinski definition) is 1. The van der Waals surface area contributed by atoms with E-state index in [4.69, 9.17) is 17.3 Å². The van der Waals surface area contributed by atoms with Crippen molar-refractivity contribution in [3.05, 3.63) is 64.3 Å². The van der Waals surface area contributed by atoms with E-state index in [1.807, 2.05) is 12.1 Å². The van der Waals surface area contributed by atoms with E-state index in [0.717, 1.165) is 38.2 Å². The summed E-state index contributed by atoms with van der Waals surface area (Å²) in [6.45, 7) is 4.03. The van der Waals surface area contributed by atoms with Crippen LogP contribution in [0.25, 0.3) is 11.4 Å². The van der Waals surface area contributed by atoms with Crippen LogP contribution in [0.4, 0.5) is 5.82 Å². The Hall–Kier alpha value is -2.57. The molecule has 1 aliphatic carbocycles. The first-order chi connectivity index (χ1) is 14.0. The fourth-order valence-electron chi connectivity index (χ4n) is 4.76. The molecule has 1 aliphatic heterocycles. The Bertz CT molecular complexity index is 1030. The van der Waals surface area contributed by atoms with Gasteiger partial charge in [0.15, 0.2) is 11.0 Å². The minimum atomic E-state index is 0.122. The third kappa shape index (κ3) is 3.26. The predicted molar refractivity (Wildman–Crippen MR) is 114 cm³/mol. The zero-order chi connectivity index (χ0) is 20.0. The SMILES string of the molecule is Cc1ccc2c(c1)CC1(CCN(c3ccc(-c4ccc(Cl)nn4)nn3)CC1)[C@@H]2N. The zero-order valence-electron chi connectivity index (χ0n) is 16.3. The van der Waals surface area contributed by atoms with E-state index in [-0.39, 0.29) is 11.5 Å². The van der Waals surface area contributed by atoms with Gasteiger partial charge < -0.3 is 10.6 Å². The lowest BCUT2D eigenvalue weighted by Gasteiger charge is -2.42. The summed E-state index contributed by atoms with van der Waals surface area (Å²) in [5.41, 5.74) is 12.3. The molecule has 1 fully saturated rings. The van der Waals surface area contributed by atoms with Gasteiger partial charge in [0.2, 0.25) is 0 Å². The van der Waals surface area contributed by atoms with Crippen LogP contribution < -0.4 is 10.6 Å². The quantitative estimate of drug-likeness (QED) is 0.698. The van der Waals surface area contributed by atoms with Gasteiger partial charge in [0.1, 0.15) is 11.4 Å². The molecule has 2 aliphatic rings. The molecule has 0 unspecified atom stereocenters. The van der Waals surface area contributed by atoms with Crippen molar-refractivity contribution in [1.82, 2.24) is 20.4 Å². The Morgan fingerprint density at radius 1 is 0.966 bits per heavy atom. The number of aryl methyl sites for hydroxylation is 1. The molecule has 0 amide bonds. The fraction of sp³-hybridized carbons (Fsp3) is 0.364. The number of benzene rings is 1. The van der Waals surface area contributed by atoms with Crippen molar-refractivity contribution in [2.24, 2.45) is 11.1 Å². The zero-order valence-corrected chi connectivity index (χ0v) is 17.1. The Labute approximate surface area is 175 Å². The number of halogens is 1. The third-order valence-corrected chi connectivity index (χ3v) is 6.67. The van der Waals surface area contributed by atoms with Crippen LogP contribution in [-0.2, 0) is 6.42 Å². The summed E-state index contributed by atoms with van der Waals surface area (Å²) < 4.78 is 0. The second-order valence-electron chi connectivity index (χ2n) is 8.22. The number of fused-ring (bicyclic) bond motifs is 1. The molecule has 0 radical (unpaired) electrons. The van der Waals surface area contributed by atoms with Crippen LogP contribution in [0, 0.1) is 12.3 Å². The number of piperidine rings is 1. The number of nitrogens with two attached hydrogens (primary N) is 1. The third-order valence-electron chi connectivity index (χ3n) is 6.46. The van der Waals surface area contributed by atoms with Crippen LogP contribution in [0.15, 0.2) is 42.5 Å². The molecule has 5 rings (SSSR count). The van der Waals surface area contributed by atoms with E-state index in [1.165, 1.54) is 16.7 Å². The van der Waals surface area contributed by atoms with Crippen LogP contribution in [0.2, 0.25) is 5.15 Å². The molecule has 0 bridgehead atoms. The van der Waals surface area contributed by atoms with Crippen molar-refractivity contribution in [2.45, 2.75) is 32.2 Å². The van der Waals surface area contributed by atoms with E-state index < -0.39 is 0 Å². The van der Waals surface area contributed by atoms with Crippen molar-refractivity contribution >= 4 is 17.4 Å². The Morgan fingerprint density at radius 3 is 2.34 bits per heavy atom. The molecule has 1 atom stereocenters. The van der Waals surface area contributed by atoms with E-state index in [0.29, 0.717) is 16.5 Å². The molecule has 148 valence electrons. The maximum Gasteiger partial charge on any atom is 0.151 e. The first-order valence-electron chi connectivity index (χ1n) is 9.97. The number of anilines is 1. The first kappa shape index (κ1) is 18.5. The van der Waals surface area contributed by atoms with Crippen molar-refractivity contribution in [1.29, 1.82) is 0 Å². The second-order valence-corrected chi connectivity index (χ2v) is 8.61. The van der Waals surface area contributed by atoms with Crippen LogP contribution in [0.1, 0.15) is 35.6 Å². The molecule has 1 saturated heterocycles. The molecule has 2 N–H and O–H groups in total. The molecule has 0 saturated carbocycles.